The fraction of sp³-hybridized carbons (Fsp3) is 0.167. The molecule has 0 radical (unpaired) electrons. The van der Waals surface area contributed by atoms with Crippen molar-refractivity contribution in [2.24, 2.45) is 0 Å². The number of nitrogens with two attached hydrogens (primary N) is 1. The van der Waals surface area contributed by atoms with Gasteiger partial charge in [0.2, 0.25) is 0 Å². The quantitative estimate of drug-likeness (QED) is 0.689. The van der Waals surface area contributed by atoms with Gasteiger partial charge in [-0.1, -0.05) is 6.07 Å². The van der Waals surface area contributed by atoms with Crippen LogP contribution < -0.4 is 5.73 Å². The second kappa shape index (κ2) is 5.07. The molecule has 0 saturated carbocycles. The Kier molecular flexibility index (Phi) is 3.68. The van der Waals surface area contributed by atoms with Crippen LogP contribution in [0.15, 0.2) is 50.8 Å². The van der Waals surface area contributed by atoms with E-state index in [1.807, 2.05) is 12.1 Å². The smallest absolute Gasteiger partial charge is 0.177 e. The van der Waals surface area contributed by atoms with E-state index in [0.29, 0.717) is 11.4 Å². The van der Waals surface area contributed by atoms with Crippen LogP contribution in [0.25, 0.3) is 0 Å². The third-order valence-corrected chi connectivity index (χ3v) is 4.63. The number of furan rings is 1. The lowest BCUT2D eigenvalue weighted by atomic mass is 10.3. The number of hydrogen-bond donors (Lipinski definition) is 1. The maximum absolute atomic E-state index is 11.5. The van der Waals surface area contributed by atoms with Crippen molar-refractivity contribution in [1.82, 2.24) is 0 Å². The molecule has 1 aromatic heterocycles. The number of nitrogen functional groups attached to an aromatic ring is 1. The van der Waals surface area contributed by atoms with E-state index in [9.17, 15) is 8.42 Å². The van der Waals surface area contributed by atoms with Gasteiger partial charge in [-0.05, 0) is 24.3 Å². The summed E-state index contributed by atoms with van der Waals surface area (Å²) in [6.07, 6.45) is 2.76. The lowest BCUT2D eigenvalue weighted by Crippen LogP contribution is -2.03. The van der Waals surface area contributed by atoms with Gasteiger partial charge in [0.1, 0.15) is 5.76 Å². The summed E-state index contributed by atoms with van der Waals surface area (Å²) in [5, 5.41) is 0. The van der Waals surface area contributed by atoms with Gasteiger partial charge in [-0.25, -0.2) is 8.42 Å². The number of sulfone groups is 1. The predicted molar refractivity (Wildman–Crippen MR) is 72.2 cm³/mol. The summed E-state index contributed by atoms with van der Waals surface area (Å²) in [6, 6.07) is 8.69. The second-order valence-corrected chi connectivity index (χ2v) is 6.81. The van der Waals surface area contributed by atoms with Gasteiger partial charge in [0.05, 0.1) is 22.6 Å². The number of rotatable bonds is 4. The Balaban J connectivity index is 2.24. The number of benzene rings is 1. The van der Waals surface area contributed by atoms with E-state index in [1.54, 1.807) is 18.4 Å². The van der Waals surface area contributed by atoms with Gasteiger partial charge in [-0.15, -0.1) is 11.8 Å². The van der Waals surface area contributed by atoms with Crippen molar-refractivity contribution in [3.8, 4) is 0 Å². The molecule has 0 unspecified atom stereocenters. The van der Waals surface area contributed by atoms with Crippen molar-refractivity contribution in [1.29, 1.82) is 0 Å². The van der Waals surface area contributed by atoms with Crippen LogP contribution in [0.5, 0.6) is 0 Å². The molecule has 18 heavy (non-hydrogen) atoms. The van der Waals surface area contributed by atoms with Crippen LogP contribution in [0.4, 0.5) is 5.69 Å². The Morgan fingerprint density at radius 3 is 2.67 bits per heavy atom. The first-order chi connectivity index (χ1) is 8.48. The average molecular weight is 283 g/mol. The Bertz CT molecular complexity index is 633. The Morgan fingerprint density at radius 2 is 2.06 bits per heavy atom. The van der Waals surface area contributed by atoms with Crippen molar-refractivity contribution in [3.63, 3.8) is 0 Å². The highest BCUT2D eigenvalue weighted by Crippen LogP contribution is 2.32. The summed E-state index contributed by atoms with van der Waals surface area (Å²) < 4.78 is 28.3. The molecular weight excluding hydrogens is 270 g/mol. The minimum Gasteiger partial charge on any atom is -0.468 e. The Morgan fingerprint density at radius 1 is 1.28 bits per heavy atom. The van der Waals surface area contributed by atoms with E-state index in [2.05, 4.69) is 0 Å². The summed E-state index contributed by atoms with van der Waals surface area (Å²) in [5.74, 6) is 1.44. The topological polar surface area (TPSA) is 73.3 Å². The van der Waals surface area contributed by atoms with Gasteiger partial charge in [0, 0.05) is 11.2 Å². The molecule has 0 aliphatic carbocycles. The SMILES string of the molecule is CS(=O)(=O)c1cccc(SCc2ccco2)c1N. The van der Waals surface area contributed by atoms with E-state index in [4.69, 9.17) is 10.2 Å². The normalized spacial score (nSPS) is 11.6. The van der Waals surface area contributed by atoms with E-state index in [-0.39, 0.29) is 4.90 Å². The maximum Gasteiger partial charge on any atom is 0.177 e. The highest BCUT2D eigenvalue weighted by atomic mass is 32.2. The van der Waals surface area contributed by atoms with Crippen LogP contribution in [-0.4, -0.2) is 14.7 Å². The first-order valence-electron chi connectivity index (χ1n) is 5.22. The molecule has 0 bridgehead atoms. The third-order valence-electron chi connectivity index (χ3n) is 2.38. The Hall–Kier alpha value is -1.40. The number of para-hydroxylation sites is 1. The van der Waals surface area contributed by atoms with Crippen molar-refractivity contribution in [2.45, 2.75) is 15.5 Å². The van der Waals surface area contributed by atoms with E-state index < -0.39 is 9.84 Å². The minimum absolute atomic E-state index is 0.173. The fourth-order valence-electron chi connectivity index (χ4n) is 1.52. The number of thioether (sulfide) groups is 1. The highest BCUT2D eigenvalue weighted by Gasteiger charge is 2.14. The van der Waals surface area contributed by atoms with Crippen molar-refractivity contribution in [3.05, 3.63) is 42.4 Å². The molecule has 1 heterocycles. The van der Waals surface area contributed by atoms with Gasteiger partial charge in [0.25, 0.3) is 0 Å². The zero-order chi connectivity index (χ0) is 13.2. The van der Waals surface area contributed by atoms with Gasteiger partial charge in [-0.3, -0.25) is 0 Å². The summed E-state index contributed by atoms with van der Waals surface area (Å²) in [5.41, 5.74) is 6.18. The summed E-state index contributed by atoms with van der Waals surface area (Å²) in [4.78, 5) is 0.918. The third kappa shape index (κ3) is 2.88. The van der Waals surface area contributed by atoms with Crippen molar-refractivity contribution >= 4 is 27.3 Å². The van der Waals surface area contributed by atoms with Gasteiger partial charge in [-0.2, -0.15) is 0 Å². The lowest BCUT2D eigenvalue weighted by molar-refractivity contribution is 0.530. The first-order valence-corrected chi connectivity index (χ1v) is 8.10. The molecule has 6 heteroatoms. The standard InChI is InChI=1S/C12H13NO3S2/c1-18(14,15)11-6-2-5-10(12(11)13)17-8-9-4-3-7-16-9/h2-7H,8,13H2,1H3. The molecule has 2 rings (SSSR count). The molecule has 96 valence electrons. The number of hydrogen-bond acceptors (Lipinski definition) is 5. The summed E-state index contributed by atoms with van der Waals surface area (Å²) >= 11 is 1.45. The molecule has 0 aliphatic heterocycles. The van der Waals surface area contributed by atoms with Crippen LogP contribution in [0.3, 0.4) is 0 Å². The molecule has 1 aromatic carbocycles. The van der Waals surface area contributed by atoms with E-state index in [1.165, 1.54) is 17.8 Å². The van der Waals surface area contributed by atoms with Crippen LogP contribution >= 0.6 is 11.8 Å². The van der Waals surface area contributed by atoms with Gasteiger partial charge in [0.15, 0.2) is 9.84 Å². The largest absolute Gasteiger partial charge is 0.468 e. The minimum atomic E-state index is -3.29. The van der Waals surface area contributed by atoms with Crippen LogP contribution in [0.2, 0.25) is 0 Å². The molecule has 0 saturated heterocycles. The molecule has 0 aliphatic rings. The van der Waals surface area contributed by atoms with Crippen molar-refractivity contribution < 1.29 is 12.8 Å². The Labute approximate surface area is 110 Å². The van der Waals surface area contributed by atoms with Gasteiger partial charge < -0.3 is 10.2 Å². The number of anilines is 1. The lowest BCUT2D eigenvalue weighted by Gasteiger charge is -2.08. The van der Waals surface area contributed by atoms with E-state index in [0.717, 1.165) is 16.9 Å². The molecule has 0 atom stereocenters. The first kappa shape index (κ1) is 13.0. The molecule has 2 N–H and O–H groups in total. The highest BCUT2D eigenvalue weighted by molar-refractivity contribution is 7.98. The molecule has 4 nitrogen and oxygen atoms in total. The van der Waals surface area contributed by atoms with Gasteiger partial charge >= 0.3 is 0 Å². The zero-order valence-corrected chi connectivity index (χ0v) is 11.4. The molecule has 0 fully saturated rings. The molecular formula is C12H13NO3S2. The molecule has 0 amide bonds. The monoisotopic (exact) mass is 283 g/mol. The van der Waals surface area contributed by atoms with E-state index >= 15 is 0 Å². The maximum atomic E-state index is 11.5. The molecule has 2 aromatic rings. The van der Waals surface area contributed by atoms with Crippen LogP contribution in [-0.2, 0) is 15.6 Å². The fourth-order valence-corrected chi connectivity index (χ4v) is 3.32. The summed E-state index contributed by atoms with van der Waals surface area (Å²) in [7, 11) is -3.29. The predicted octanol–water partition coefficient (Wildman–Crippen LogP) is 2.56. The van der Waals surface area contributed by atoms with Crippen LogP contribution in [0.1, 0.15) is 5.76 Å². The molecule has 0 spiro atoms. The van der Waals surface area contributed by atoms with Crippen molar-refractivity contribution in [2.75, 3.05) is 12.0 Å². The zero-order valence-electron chi connectivity index (χ0n) is 9.79. The summed E-state index contributed by atoms with van der Waals surface area (Å²) in [6.45, 7) is 0. The second-order valence-electron chi connectivity index (χ2n) is 3.81. The van der Waals surface area contributed by atoms with Crippen LogP contribution in [0, 0.1) is 0 Å². The average Bonchev–Trinajstić information content (AvgIpc) is 2.79.